The first-order valence-corrected chi connectivity index (χ1v) is 6.18. The molecular weight excluding hydrogens is 266 g/mol. The summed E-state index contributed by atoms with van der Waals surface area (Å²) in [7, 11) is 0. The molecular formula is C13H14ClN3O2. The van der Waals surface area contributed by atoms with Gasteiger partial charge in [0.1, 0.15) is 0 Å². The third-order valence-corrected chi connectivity index (χ3v) is 3.18. The van der Waals surface area contributed by atoms with E-state index in [1.807, 2.05) is 30.7 Å². The van der Waals surface area contributed by atoms with E-state index in [2.05, 4.69) is 5.43 Å². The molecule has 2 rings (SSSR count). The largest absolute Gasteiger partial charge is 0.321 e. The Morgan fingerprint density at radius 3 is 2.47 bits per heavy atom. The number of benzene rings is 1. The summed E-state index contributed by atoms with van der Waals surface area (Å²) in [5.74, 6) is 0. The van der Waals surface area contributed by atoms with E-state index in [0.29, 0.717) is 17.1 Å². The number of nitro groups is 1. The Balaban J connectivity index is 2.23. The summed E-state index contributed by atoms with van der Waals surface area (Å²) in [5, 5.41) is 11.3. The van der Waals surface area contributed by atoms with Crippen LogP contribution in [0.5, 0.6) is 0 Å². The molecule has 0 aliphatic heterocycles. The van der Waals surface area contributed by atoms with Gasteiger partial charge in [-0.25, -0.2) is 0 Å². The Labute approximate surface area is 115 Å². The lowest BCUT2D eigenvalue weighted by molar-refractivity contribution is -0.385. The zero-order valence-corrected chi connectivity index (χ0v) is 11.4. The van der Waals surface area contributed by atoms with E-state index in [-0.39, 0.29) is 5.69 Å². The van der Waals surface area contributed by atoms with Crippen molar-refractivity contribution in [3.8, 4) is 0 Å². The summed E-state index contributed by atoms with van der Waals surface area (Å²) >= 11 is 5.78. The zero-order chi connectivity index (χ0) is 14.0. The maximum absolute atomic E-state index is 11.0. The fourth-order valence-electron chi connectivity index (χ4n) is 1.94. The smallest absolute Gasteiger partial charge is 0.275 e. The Bertz CT molecular complexity index is 603. The Hall–Kier alpha value is -2.01. The molecule has 19 heavy (non-hydrogen) atoms. The van der Waals surface area contributed by atoms with Gasteiger partial charge in [0, 0.05) is 22.5 Å². The van der Waals surface area contributed by atoms with Crippen molar-refractivity contribution in [3.63, 3.8) is 0 Å². The summed E-state index contributed by atoms with van der Waals surface area (Å²) in [5.41, 5.74) is 5.89. The van der Waals surface area contributed by atoms with Crippen molar-refractivity contribution < 1.29 is 4.92 Å². The van der Waals surface area contributed by atoms with Gasteiger partial charge in [0.15, 0.2) is 0 Å². The van der Waals surface area contributed by atoms with Crippen LogP contribution in [0, 0.1) is 24.0 Å². The molecule has 1 heterocycles. The molecule has 0 saturated carbocycles. The predicted molar refractivity (Wildman–Crippen MR) is 75.1 cm³/mol. The lowest BCUT2D eigenvalue weighted by Gasteiger charge is -2.12. The number of aromatic nitrogens is 1. The first-order valence-electron chi connectivity index (χ1n) is 5.80. The standard InChI is InChI=1S/C13H14ClN3O2/c1-9-3-4-10(2)16(9)15-8-11-5-6-12(14)7-13(11)17(18)19/h3-7,15H,8H2,1-2H3. The molecule has 0 fully saturated rings. The van der Waals surface area contributed by atoms with Crippen LogP contribution in [-0.4, -0.2) is 9.60 Å². The van der Waals surface area contributed by atoms with E-state index in [1.54, 1.807) is 12.1 Å². The van der Waals surface area contributed by atoms with Crippen LogP contribution in [-0.2, 0) is 6.54 Å². The Morgan fingerprint density at radius 1 is 1.26 bits per heavy atom. The average molecular weight is 280 g/mol. The van der Waals surface area contributed by atoms with E-state index >= 15 is 0 Å². The Morgan fingerprint density at radius 2 is 1.89 bits per heavy atom. The lowest BCUT2D eigenvalue weighted by Crippen LogP contribution is -2.17. The number of nitrogens with one attached hydrogen (secondary N) is 1. The number of nitrogens with zero attached hydrogens (tertiary/aromatic N) is 2. The minimum atomic E-state index is -0.418. The lowest BCUT2D eigenvalue weighted by atomic mass is 10.2. The van der Waals surface area contributed by atoms with Gasteiger partial charge in [0.05, 0.1) is 17.0 Å². The van der Waals surface area contributed by atoms with E-state index in [0.717, 1.165) is 11.4 Å². The number of hydrogen-bond donors (Lipinski definition) is 1. The van der Waals surface area contributed by atoms with Crippen LogP contribution >= 0.6 is 11.6 Å². The molecule has 0 aliphatic carbocycles. The number of nitro benzene ring substituents is 1. The molecule has 6 heteroatoms. The molecule has 0 aliphatic rings. The monoisotopic (exact) mass is 279 g/mol. The van der Waals surface area contributed by atoms with Crippen LogP contribution in [0.15, 0.2) is 30.3 Å². The van der Waals surface area contributed by atoms with Crippen molar-refractivity contribution in [2.75, 3.05) is 5.43 Å². The summed E-state index contributed by atoms with van der Waals surface area (Å²) in [6.07, 6.45) is 0. The highest BCUT2D eigenvalue weighted by molar-refractivity contribution is 6.30. The van der Waals surface area contributed by atoms with Crippen molar-refractivity contribution in [1.29, 1.82) is 0 Å². The second kappa shape index (κ2) is 5.32. The quantitative estimate of drug-likeness (QED) is 0.689. The molecule has 0 atom stereocenters. The highest BCUT2D eigenvalue weighted by Gasteiger charge is 2.14. The molecule has 5 nitrogen and oxygen atoms in total. The van der Waals surface area contributed by atoms with Gasteiger partial charge >= 0.3 is 0 Å². The fourth-order valence-corrected chi connectivity index (χ4v) is 2.10. The van der Waals surface area contributed by atoms with Gasteiger partial charge in [-0.2, -0.15) is 0 Å². The van der Waals surface area contributed by atoms with Crippen LogP contribution in [0.1, 0.15) is 17.0 Å². The SMILES string of the molecule is Cc1ccc(C)n1NCc1ccc(Cl)cc1[N+](=O)[O-]. The van der Waals surface area contributed by atoms with E-state index in [9.17, 15) is 10.1 Å². The fraction of sp³-hybridized carbons (Fsp3) is 0.231. The molecule has 0 amide bonds. The molecule has 1 N–H and O–H groups in total. The molecule has 0 bridgehead atoms. The summed E-state index contributed by atoms with van der Waals surface area (Å²) < 4.78 is 1.90. The topological polar surface area (TPSA) is 60.1 Å². The van der Waals surface area contributed by atoms with Crippen LogP contribution in [0.3, 0.4) is 0 Å². The third-order valence-electron chi connectivity index (χ3n) is 2.94. The molecule has 0 unspecified atom stereocenters. The van der Waals surface area contributed by atoms with E-state index < -0.39 is 4.92 Å². The number of hydrogen-bond acceptors (Lipinski definition) is 3. The molecule has 0 spiro atoms. The highest BCUT2D eigenvalue weighted by atomic mass is 35.5. The molecule has 0 saturated heterocycles. The maximum Gasteiger partial charge on any atom is 0.275 e. The third kappa shape index (κ3) is 2.88. The van der Waals surface area contributed by atoms with Gasteiger partial charge in [0.2, 0.25) is 0 Å². The minimum absolute atomic E-state index is 0.0301. The van der Waals surface area contributed by atoms with E-state index in [4.69, 9.17) is 11.6 Å². The molecule has 1 aromatic carbocycles. The van der Waals surface area contributed by atoms with Gasteiger partial charge in [-0.15, -0.1) is 0 Å². The van der Waals surface area contributed by atoms with Crippen molar-refractivity contribution in [2.24, 2.45) is 0 Å². The van der Waals surface area contributed by atoms with Crippen molar-refractivity contribution in [2.45, 2.75) is 20.4 Å². The van der Waals surface area contributed by atoms with Crippen LogP contribution in [0.2, 0.25) is 5.02 Å². The zero-order valence-electron chi connectivity index (χ0n) is 10.7. The average Bonchev–Trinajstić information content (AvgIpc) is 2.68. The summed E-state index contributed by atoms with van der Waals surface area (Å²) in [6.45, 7) is 4.30. The molecule has 0 radical (unpaired) electrons. The first-order chi connectivity index (χ1) is 8.99. The number of halogens is 1. The van der Waals surface area contributed by atoms with Gasteiger partial charge < -0.3 is 5.43 Å². The maximum atomic E-state index is 11.0. The van der Waals surface area contributed by atoms with E-state index in [1.165, 1.54) is 6.07 Å². The first kappa shape index (κ1) is 13.4. The molecule has 100 valence electrons. The predicted octanol–water partition coefficient (Wildman–Crippen LogP) is 3.41. The summed E-state index contributed by atoms with van der Waals surface area (Å²) in [4.78, 5) is 10.6. The number of aryl methyl sites for hydroxylation is 2. The van der Waals surface area contributed by atoms with Gasteiger partial charge in [-0.1, -0.05) is 11.6 Å². The minimum Gasteiger partial charge on any atom is -0.321 e. The summed E-state index contributed by atoms with van der Waals surface area (Å²) in [6, 6.07) is 8.66. The van der Waals surface area contributed by atoms with Gasteiger partial charge in [0.25, 0.3) is 5.69 Å². The number of rotatable bonds is 4. The van der Waals surface area contributed by atoms with Crippen LogP contribution in [0.25, 0.3) is 0 Å². The van der Waals surface area contributed by atoms with Crippen molar-refractivity contribution >= 4 is 17.3 Å². The second-order valence-electron chi connectivity index (χ2n) is 4.32. The Kier molecular flexibility index (Phi) is 3.76. The van der Waals surface area contributed by atoms with Crippen molar-refractivity contribution in [3.05, 3.63) is 62.4 Å². The van der Waals surface area contributed by atoms with Gasteiger partial charge in [-0.3, -0.25) is 14.8 Å². The van der Waals surface area contributed by atoms with Crippen LogP contribution < -0.4 is 5.43 Å². The van der Waals surface area contributed by atoms with Gasteiger partial charge in [-0.05, 0) is 38.1 Å². The molecule has 1 aromatic heterocycles. The normalized spacial score (nSPS) is 10.5. The molecule has 2 aromatic rings. The highest BCUT2D eigenvalue weighted by Crippen LogP contribution is 2.23. The second-order valence-corrected chi connectivity index (χ2v) is 4.75. The van der Waals surface area contributed by atoms with Crippen LogP contribution in [0.4, 0.5) is 5.69 Å². The van der Waals surface area contributed by atoms with Crippen molar-refractivity contribution in [1.82, 2.24) is 4.68 Å².